The van der Waals surface area contributed by atoms with Crippen LogP contribution in [0.2, 0.25) is 0 Å². The maximum absolute atomic E-state index is 12.6. The molecular formula is C15H22N2O3S. The summed E-state index contributed by atoms with van der Waals surface area (Å²) in [6.07, 6.45) is 3.80. The molecular weight excluding hydrogens is 288 g/mol. The number of ether oxygens (including phenoxy) is 2. The predicted molar refractivity (Wildman–Crippen MR) is 80.3 cm³/mol. The molecule has 0 aliphatic carbocycles. The topological polar surface area (TPSA) is 51.7 Å². The van der Waals surface area contributed by atoms with Crippen LogP contribution < -0.4 is 0 Å². The number of nitrogens with zero attached hydrogens (tertiary/aromatic N) is 2. The van der Waals surface area contributed by atoms with Gasteiger partial charge in [-0.05, 0) is 19.3 Å². The van der Waals surface area contributed by atoms with E-state index < -0.39 is 5.41 Å². The number of esters is 1. The first-order chi connectivity index (χ1) is 10.2. The van der Waals surface area contributed by atoms with Crippen molar-refractivity contribution in [2.45, 2.75) is 37.8 Å². The fourth-order valence-electron chi connectivity index (χ4n) is 4.17. The van der Waals surface area contributed by atoms with E-state index in [0.717, 1.165) is 25.1 Å². The van der Waals surface area contributed by atoms with Crippen LogP contribution in [0.4, 0.5) is 0 Å². The Balaban J connectivity index is 1.85. The summed E-state index contributed by atoms with van der Waals surface area (Å²) >= 11 is 1.58. The molecule has 0 unspecified atom stereocenters. The van der Waals surface area contributed by atoms with Crippen LogP contribution in [0.15, 0.2) is 10.9 Å². The number of carbonyl (C=O) groups is 1. The van der Waals surface area contributed by atoms with Gasteiger partial charge in [-0.3, -0.25) is 9.69 Å². The van der Waals surface area contributed by atoms with Gasteiger partial charge in [0.05, 0.1) is 30.3 Å². The van der Waals surface area contributed by atoms with Crippen LogP contribution in [0.5, 0.6) is 0 Å². The number of hydrogen-bond acceptors (Lipinski definition) is 6. The van der Waals surface area contributed by atoms with Crippen LogP contribution in [0.25, 0.3) is 0 Å². The molecule has 0 aromatic carbocycles. The molecule has 21 heavy (non-hydrogen) atoms. The van der Waals surface area contributed by atoms with Crippen LogP contribution >= 0.6 is 11.3 Å². The van der Waals surface area contributed by atoms with Crippen LogP contribution in [-0.2, 0) is 20.7 Å². The summed E-state index contributed by atoms with van der Waals surface area (Å²) in [5, 5.41) is 2.04. The Bertz CT molecular complexity index is 493. The van der Waals surface area contributed by atoms with Gasteiger partial charge in [-0.2, -0.15) is 0 Å². The highest BCUT2D eigenvalue weighted by Gasteiger charge is 2.60. The number of carbonyl (C=O) groups excluding carboxylic acids is 1. The van der Waals surface area contributed by atoms with Crippen molar-refractivity contribution in [3.05, 3.63) is 16.6 Å². The van der Waals surface area contributed by atoms with Gasteiger partial charge >= 0.3 is 5.97 Å². The van der Waals surface area contributed by atoms with Crippen LogP contribution in [0, 0.1) is 5.41 Å². The minimum Gasteiger partial charge on any atom is -0.469 e. The van der Waals surface area contributed by atoms with Gasteiger partial charge in [0.15, 0.2) is 0 Å². The Morgan fingerprint density at radius 1 is 1.52 bits per heavy atom. The normalized spacial score (nSPS) is 31.7. The average Bonchev–Trinajstić information content (AvgIpc) is 3.20. The van der Waals surface area contributed by atoms with Crippen molar-refractivity contribution in [1.29, 1.82) is 0 Å². The molecule has 0 amide bonds. The largest absolute Gasteiger partial charge is 0.469 e. The molecule has 1 aromatic rings. The molecule has 3 atom stereocenters. The minimum atomic E-state index is -0.431. The second-order valence-electron chi connectivity index (χ2n) is 5.99. The molecule has 6 heteroatoms. The van der Waals surface area contributed by atoms with Gasteiger partial charge in [-0.25, -0.2) is 4.98 Å². The maximum atomic E-state index is 12.6. The SMILES string of the molecule is COCCN1[C@@H]2CC[C@H]1[C@@](Cc1cscn1)(C(=O)OC)C2. The molecule has 3 rings (SSSR count). The Morgan fingerprint density at radius 2 is 2.38 bits per heavy atom. The smallest absolute Gasteiger partial charge is 0.313 e. The monoisotopic (exact) mass is 310 g/mol. The second kappa shape index (κ2) is 6.02. The van der Waals surface area contributed by atoms with E-state index in [4.69, 9.17) is 9.47 Å². The fourth-order valence-corrected chi connectivity index (χ4v) is 4.73. The van der Waals surface area contributed by atoms with Gasteiger partial charge in [0.25, 0.3) is 0 Å². The number of hydrogen-bond donors (Lipinski definition) is 0. The molecule has 2 saturated heterocycles. The molecule has 0 saturated carbocycles. The van der Waals surface area contributed by atoms with Crippen LogP contribution in [0.1, 0.15) is 25.0 Å². The van der Waals surface area contributed by atoms with Crippen molar-refractivity contribution in [3.8, 4) is 0 Å². The molecule has 116 valence electrons. The maximum Gasteiger partial charge on any atom is 0.313 e. The fraction of sp³-hybridized carbons (Fsp3) is 0.733. The zero-order chi connectivity index (χ0) is 14.9. The quantitative estimate of drug-likeness (QED) is 0.749. The van der Waals surface area contributed by atoms with E-state index >= 15 is 0 Å². The zero-order valence-corrected chi connectivity index (χ0v) is 13.4. The van der Waals surface area contributed by atoms with Crippen LogP contribution in [0.3, 0.4) is 0 Å². The minimum absolute atomic E-state index is 0.0786. The molecule has 2 aliphatic heterocycles. The lowest BCUT2D eigenvalue weighted by Crippen LogP contribution is -2.46. The van der Waals surface area contributed by atoms with Crippen molar-refractivity contribution in [3.63, 3.8) is 0 Å². The first-order valence-corrected chi connectivity index (χ1v) is 8.35. The second-order valence-corrected chi connectivity index (χ2v) is 6.70. The first-order valence-electron chi connectivity index (χ1n) is 7.41. The van der Waals surface area contributed by atoms with E-state index in [1.54, 1.807) is 18.4 Å². The Kier molecular flexibility index (Phi) is 4.28. The van der Waals surface area contributed by atoms with Gasteiger partial charge in [-0.1, -0.05) is 0 Å². The van der Waals surface area contributed by atoms with E-state index in [1.165, 1.54) is 13.5 Å². The molecule has 5 nitrogen and oxygen atoms in total. The standard InChI is InChI=1S/C15H22N2O3S/c1-19-6-5-17-12-3-4-13(17)15(8-12,14(18)20-2)7-11-9-21-10-16-11/h9-10,12-13H,3-8H2,1-2H3/t12-,13+,15+/m1/s1. The predicted octanol–water partition coefficient (Wildman–Crippen LogP) is 1.73. The number of methoxy groups -OCH3 is 2. The van der Waals surface area contributed by atoms with Crippen molar-refractivity contribution >= 4 is 17.3 Å². The molecule has 2 bridgehead atoms. The Labute approximate surface area is 129 Å². The Hall–Kier alpha value is -0.980. The van der Waals surface area contributed by atoms with Crippen molar-refractivity contribution in [2.75, 3.05) is 27.4 Å². The van der Waals surface area contributed by atoms with E-state index in [1.807, 2.05) is 10.9 Å². The zero-order valence-electron chi connectivity index (χ0n) is 12.6. The summed E-state index contributed by atoms with van der Waals surface area (Å²) < 4.78 is 10.4. The number of fused-ring (bicyclic) bond motifs is 2. The highest BCUT2D eigenvalue weighted by atomic mass is 32.1. The van der Waals surface area contributed by atoms with E-state index in [0.29, 0.717) is 19.1 Å². The Morgan fingerprint density at radius 3 is 3.05 bits per heavy atom. The third-order valence-corrected chi connectivity index (χ3v) is 5.64. The van der Waals surface area contributed by atoms with Crippen molar-refractivity contribution in [1.82, 2.24) is 9.88 Å². The third-order valence-electron chi connectivity index (χ3n) is 5.01. The molecule has 0 spiro atoms. The van der Waals surface area contributed by atoms with E-state index in [-0.39, 0.29) is 12.0 Å². The van der Waals surface area contributed by atoms with Crippen molar-refractivity contribution in [2.24, 2.45) is 5.41 Å². The molecule has 2 fully saturated rings. The van der Waals surface area contributed by atoms with Gasteiger partial charge in [0, 0.05) is 37.5 Å². The molecule has 3 heterocycles. The third kappa shape index (κ3) is 2.49. The van der Waals surface area contributed by atoms with Gasteiger partial charge in [-0.15, -0.1) is 11.3 Å². The highest BCUT2D eigenvalue weighted by Crippen LogP contribution is 2.52. The van der Waals surface area contributed by atoms with Gasteiger partial charge < -0.3 is 9.47 Å². The lowest BCUT2D eigenvalue weighted by atomic mass is 9.71. The lowest BCUT2D eigenvalue weighted by molar-refractivity contribution is -0.155. The summed E-state index contributed by atoms with van der Waals surface area (Å²) in [6.45, 7) is 1.60. The van der Waals surface area contributed by atoms with E-state index in [9.17, 15) is 4.79 Å². The first kappa shape index (κ1) is 14.9. The summed E-state index contributed by atoms with van der Waals surface area (Å²) in [5.74, 6) is -0.0786. The summed E-state index contributed by atoms with van der Waals surface area (Å²) in [4.78, 5) is 19.4. The van der Waals surface area contributed by atoms with Crippen LogP contribution in [-0.4, -0.2) is 55.3 Å². The molecule has 0 N–H and O–H groups in total. The number of rotatable bonds is 6. The molecule has 1 aromatic heterocycles. The molecule has 2 aliphatic rings. The summed E-state index contributed by atoms with van der Waals surface area (Å²) in [7, 11) is 3.22. The van der Waals surface area contributed by atoms with Gasteiger partial charge in [0.2, 0.25) is 0 Å². The lowest BCUT2D eigenvalue weighted by Gasteiger charge is -2.34. The average molecular weight is 310 g/mol. The summed E-state index contributed by atoms with van der Waals surface area (Å²) in [5.41, 5.74) is 2.40. The van der Waals surface area contributed by atoms with Crippen molar-refractivity contribution < 1.29 is 14.3 Å². The van der Waals surface area contributed by atoms with E-state index in [2.05, 4.69) is 9.88 Å². The molecule has 0 radical (unpaired) electrons. The van der Waals surface area contributed by atoms with Gasteiger partial charge in [0.1, 0.15) is 0 Å². The summed E-state index contributed by atoms with van der Waals surface area (Å²) in [6, 6.07) is 0.731. The highest BCUT2D eigenvalue weighted by molar-refractivity contribution is 7.07. The number of aromatic nitrogens is 1. The number of thiazole rings is 1.